The van der Waals surface area contributed by atoms with Crippen LogP contribution in [-0.2, 0) is 6.42 Å². The maximum Gasteiger partial charge on any atom is 0.161 e. The Labute approximate surface area is 94.8 Å². The van der Waals surface area contributed by atoms with E-state index in [4.69, 9.17) is 0 Å². The van der Waals surface area contributed by atoms with Crippen LogP contribution in [0.25, 0.3) is 0 Å². The predicted octanol–water partition coefficient (Wildman–Crippen LogP) is 2.12. The van der Waals surface area contributed by atoms with Crippen molar-refractivity contribution >= 4 is 0 Å². The van der Waals surface area contributed by atoms with Crippen LogP contribution in [0.3, 0.4) is 0 Å². The molecule has 3 nitrogen and oxygen atoms in total. The first-order valence-electron chi connectivity index (χ1n) is 5.35. The Hall–Kier alpha value is -1.74. The highest BCUT2D eigenvalue weighted by atomic mass is 16.3. The lowest BCUT2D eigenvalue weighted by Gasteiger charge is -2.09. The molecule has 0 aliphatic carbocycles. The lowest BCUT2D eigenvalue weighted by Crippen LogP contribution is -2.04. The van der Waals surface area contributed by atoms with Crippen LogP contribution in [0.2, 0.25) is 0 Å². The van der Waals surface area contributed by atoms with E-state index in [2.05, 4.69) is 16.9 Å². The summed E-state index contributed by atoms with van der Waals surface area (Å²) in [5.74, 6) is 0.437. The minimum absolute atomic E-state index is 0.437. The zero-order valence-corrected chi connectivity index (χ0v) is 9.17. The molecule has 1 unspecified atom stereocenters. The summed E-state index contributed by atoms with van der Waals surface area (Å²) >= 11 is 0. The predicted molar refractivity (Wildman–Crippen MR) is 61.9 cm³/mol. The van der Waals surface area contributed by atoms with Crippen LogP contribution in [0.5, 0.6) is 0 Å². The normalized spacial score (nSPS) is 12.4. The molecule has 1 aromatic heterocycles. The molecule has 2 aromatic rings. The Bertz CT molecular complexity index is 439. The summed E-state index contributed by atoms with van der Waals surface area (Å²) in [4.78, 5) is 8.07. The van der Waals surface area contributed by atoms with E-state index in [-0.39, 0.29) is 0 Å². The largest absolute Gasteiger partial charge is 0.380 e. The summed E-state index contributed by atoms with van der Waals surface area (Å²) in [6.45, 7) is 2.10. The highest BCUT2D eigenvalue weighted by Crippen LogP contribution is 2.18. The lowest BCUT2D eigenvalue weighted by molar-refractivity contribution is 0.210. The SMILES string of the molecule is CCc1ccc(C(O)c2ncccn2)cc1. The summed E-state index contributed by atoms with van der Waals surface area (Å²) < 4.78 is 0. The van der Waals surface area contributed by atoms with Crippen molar-refractivity contribution in [3.05, 3.63) is 59.7 Å². The van der Waals surface area contributed by atoms with Gasteiger partial charge in [0, 0.05) is 12.4 Å². The molecule has 0 saturated carbocycles. The average Bonchev–Trinajstić information content (AvgIpc) is 2.39. The van der Waals surface area contributed by atoms with E-state index in [0.717, 1.165) is 12.0 Å². The molecule has 1 heterocycles. The van der Waals surface area contributed by atoms with Gasteiger partial charge in [-0.05, 0) is 23.6 Å². The van der Waals surface area contributed by atoms with Crippen LogP contribution in [0, 0.1) is 0 Å². The van der Waals surface area contributed by atoms with Gasteiger partial charge in [0.1, 0.15) is 6.10 Å². The molecule has 3 heteroatoms. The van der Waals surface area contributed by atoms with E-state index in [1.807, 2.05) is 24.3 Å². The number of aliphatic hydroxyl groups excluding tert-OH is 1. The zero-order valence-electron chi connectivity index (χ0n) is 9.17. The molecule has 82 valence electrons. The molecular formula is C13H14N2O. The molecule has 1 N–H and O–H groups in total. The van der Waals surface area contributed by atoms with E-state index in [0.29, 0.717) is 5.82 Å². The van der Waals surface area contributed by atoms with Crippen LogP contribution >= 0.6 is 0 Å². The highest BCUT2D eigenvalue weighted by Gasteiger charge is 2.12. The van der Waals surface area contributed by atoms with E-state index in [1.54, 1.807) is 18.5 Å². The van der Waals surface area contributed by atoms with Crippen molar-refractivity contribution in [3.8, 4) is 0 Å². The van der Waals surface area contributed by atoms with Gasteiger partial charge in [-0.2, -0.15) is 0 Å². The van der Waals surface area contributed by atoms with Crippen LogP contribution in [0.4, 0.5) is 0 Å². The number of aromatic nitrogens is 2. The maximum absolute atomic E-state index is 10.0. The van der Waals surface area contributed by atoms with E-state index < -0.39 is 6.10 Å². The third kappa shape index (κ3) is 2.25. The van der Waals surface area contributed by atoms with Gasteiger partial charge in [-0.3, -0.25) is 0 Å². The van der Waals surface area contributed by atoms with E-state index in [1.165, 1.54) is 5.56 Å². The number of nitrogens with zero attached hydrogens (tertiary/aromatic N) is 2. The monoisotopic (exact) mass is 214 g/mol. The second-order valence-electron chi connectivity index (χ2n) is 3.60. The van der Waals surface area contributed by atoms with Gasteiger partial charge in [-0.15, -0.1) is 0 Å². The Morgan fingerprint density at radius 2 is 1.75 bits per heavy atom. The van der Waals surface area contributed by atoms with Gasteiger partial charge in [-0.25, -0.2) is 9.97 Å². The first-order valence-corrected chi connectivity index (χ1v) is 5.35. The second-order valence-corrected chi connectivity index (χ2v) is 3.60. The number of rotatable bonds is 3. The van der Waals surface area contributed by atoms with Gasteiger partial charge in [0.2, 0.25) is 0 Å². The van der Waals surface area contributed by atoms with Crippen molar-refractivity contribution in [1.29, 1.82) is 0 Å². The first kappa shape index (κ1) is 10.8. The number of aryl methyl sites for hydroxylation is 1. The molecule has 0 amide bonds. The van der Waals surface area contributed by atoms with Gasteiger partial charge in [-0.1, -0.05) is 31.2 Å². The molecular weight excluding hydrogens is 200 g/mol. The molecule has 0 aliphatic rings. The van der Waals surface area contributed by atoms with Crippen LogP contribution < -0.4 is 0 Å². The van der Waals surface area contributed by atoms with Crippen molar-refractivity contribution < 1.29 is 5.11 Å². The fourth-order valence-corrected chi connectivity index (χ4v) is 1.54. The average molecular weight is 214 g/mol. The Morgan fingerprint density at radius 1 is 1.12 bits per heavy atom. The van der Waals surface area contributed by atoms with Gasteiger partial charge < -0.3 is 5.11 Å². The fourth-order valence-electron chi connectivity index (χ4n) is 1.54. The summed E-state index contributed by atoms with van der Waals surface area (Å²) in [7, 11) is 0. The standard InChI is InChI=1S/C13H14N2O/c1-2-10-4-6-11(7-5-10)12(16)13-14-8-3-9-15-13/h3-9,12,16H,2H2,1H3. The minimum Gasteiger partial charge on any atom is -0.380 e. The van der Waals surface area contributed by atoms with Gasteiger partial charge >= 0.3 is 0 Å². The first-order chi connectivity index (χ1) is 7.81. The van der Waals surface area contributed by atoms with E-state index in [9.17, 15) is 5.11 Å². The van der Waals surface area contributed by atoms with Crippen molar-refractivity contribution in [1.82, 2.24) is 9.97 Å². The third-order valence-electron chi connectivity index (χ3n) is 2.53. The Balaban J connectivity index is 2.24. The molecule has 1 aromatic carbocycles. The molecule has 0 spiro atoms. The van der Waals surface area contributed by atoms with Crippen molar-refractivity contribution in [3.63, 3.8) is 0 Å². The van der Waals surface area contributed by atoms with Crippen molar-refractivity contribution in [2.75, 3.05) is 0 Å². The molecule has 0 radical (unpaired) electrons. The third-order valence-corrected chi connectivity index (χ3v) is 2.53. The van der Waals surface area contributed by atoms with Gasteiger partial charge in [0.15, 0.2) is 5.82 Å². The number of hydrogen-bond donors (Lipinski definition) is 1. The van der Waals surface area contributed by atoms with Crippen LogP contribution in [-0.4, -0.2) is 15.1 Å². The smallest absolute Gasteiger partial charge is 0.161 e. The van der Waals surface area contributed by atoms with Crippen LogP contribution in [0.1, 0.15) is 30.0 Å². The summed E-state index contributed by atoms with van der Waals surface area (Å²) in [5, 5.41) is 10.0. The molecule has 0 bridgehead atoms. The Kier molecular flexibility index (Phi) is 3.27. The molecule has 2 rings (SSSR count). The highest BCUT2D eigenvalue weighted by molar-refractivity contribution is 5.27. The minimum atomic E-state index is -0.743. The summed E-state index contributed by atoms with van der Waals surface area (Å²) in [5.41, 5.74) is 2.08. The number of aliphatic hydroxyl groups is 1. The zero-order chi connectivity index (χ0) is 11.4. The molecule has 0 fully saturated rings. The van der Waals surface area contributed by atoms with E-state index >= 15 is 0 Å². The lowest BCUT2D eigenvalue weighted by atomic mass is 10.1. The topological polar surface area (TPSA) is 46.0 Å². The van der Waals surface area contributed by atoms with Gasteiger partial charge in [0.25, 0.3) is 0 Å². The summed E-state index contributed by atoms with van der Waals surface area (Å²) in [6.07, 6.45) is 3.52. The molecule has 16 heavy (non-hydrogen) atoms. The number of benzene rings is 1. The summed E-state index contributed by atoms with van der Waals surface area (Å²) in [6, 6.07) is 9.60. The molecule has 1 atom stereocenters. The Morgan fingerprint density at radius 3 is 2.31 bits per heavy atom. The van der Waals surface area contributed by atoms with Crippen LogP contribution in [0.15, 0.2) is 42.7 Å². The quantitative estimate of drug-likeness (QED) is 0.851. The number of hydrogen-bond acceptors (Lipinski definition) is 3. The second kappa shape index (κ2) is 4.86. The molecule has 0 aliphatic heterocycles. The van der Waals surface area contributed by atoms with Gasteiger partial charge in [0.05, 0.1) is 0 Å². The fraction of sp³-hybridized carbons (Fsp3) is 0.231. The molecule has 0 saturated heterocycles. The van der Waals surface area contributed by atoms with Crippen molar-refractivity contribution in [2.24, 2.45) is 0 Å². The maximum atomic E-state index is 10.0. The van der Waals surface area contributed by atoms with Crippen molar-refractivity contribution in [2.45, 2.75) is 19.4 Å².